The summed E-state index contributed by atoms with van der Waals surface area (Å²) in [5.41, 5.74) is 4.44. The van der Waals surface area contributed by atoms with E-state index in [0.717, 1.165) is 22.5 Å². The van der Waals surface area contributed by atoms with Crippen molar-refractivity contribution in [3.8, 4) is 5.13 Å². The first kappa shape index (κ1) is 19.9. The topological polar surface area (TPSA) is 72.7 Å². The maximum absolute atomic E-state index is 13.5. The largest absolute Gasteiger partial charge is 0.310 e. The Morgan fingerprint density at radius 1 is 1.20 bits per heavy atom. The van der Waals surface area contributed by atoms with Gasteiger partial charge in [0, 0.05) is 29.3 Å². The molecule has 4 rings (SSSR count). The zero-order chi connectivity index (χ0) is 21.1. The van der Waals surface area contributed by atoms with Crippen molar-refractivity contribution < 1.29 is 9.18 Å². The van der Waals surface area contributed by atoms with Crippen molar-refractivity contribution in [3.05, 3.63) is 88.1 Å². The molecule has 152 valence electrons. The van der Waals surface area contributed by atoms with Crippen LogP contribution in [-0.2, 0) is 17.6 Å². The van der Waals surface area contributed by atoms with E-state index in [-0.39, 0.29) is 18.1 Å². The molecule has 8 heteroatoms. The van der Waals surface area contributed by atoms with E-state index in [4.69, 9.17) is 0 Å². The van der Waals surface area contributed by atoms with Crippen molar-refractivity contribution in [1.29, 1.82) is 0 Å². The van der Waals surface area contributed by atoms with Gasteiger partial charge >= 0.3 is 0 Å². The lowest BCUT2D eigenvalue weighted by molar-refractivity contribution is -0.115. The second-order valence-electron chi connectivity index (χ2n) is 6.93. The Kier molecular flexibility index (Phi) is 5.67. The van der Waals surface area contributed by atoms with E-state index in [2.05, 4.69) is 20.4 Å². The number of halogens is 1. The number of anilines is 1. The second kappa shape index (κ2) is 8.54. The van der Waals surface area contributed by atoms with E-state index < -0.39 is 0 Å². The minimum Gasteiger partial charge on any atom is -0.310 e. The second-order valence-corrected chi connectivity index (χ2v) is 7.77. The Labute approximate surface area is 177 Å². The fraction of sp³-hybridized carbons (Fsp3) is 0.182. The molecule has 0 fully saturated rings. The number of aromatic nitrogens is 4. The first-order chi connectivity index (χ1) is 14.5. The fourth-order valence-corrected chi connectivity index (χ4v) is 4.06. The number of hydrogen-bond acceptors (Lipinski definition) is 5. The van der Waals surface area contributed by atoms with Gasteiger partial charge in [0.05, 0.1) is 17.8 Å². The number of carbonyl (C=O) groups excluding carboxylic acids is 1. The summed E-state index contributed by atoms with van der Waals surface area (Å²) >= 11 is 1.43. The highest BCUT2D eigenvalue weighted by Crippen LogP contribution is 2.23. The molecule has 0 radical (unpaired) electrons. The molecule has 3 aromatic heterocycles. The van der Waals surface area contributed by atoms with Gasteiger partial charge in [-0.15, -0.1) is 11.3 Å². The monoisotopic (exact) mass is 421 g/mol. The predicted molar refractivity (Wildman–Crippen MR) is 114 cm³/mol. The molecule has 6 nitrogen and oxygen atoms in total. The molecule has 0 aliphatic carbocycles. The molecular formula is C22H20FN5OS. The van der Waals surface area contributed by atoms with Gasteiger partial charge in [-0.3, -0.25) is 4.79 Å². The van der Waals surface area contributed by atoms with Gasteiger partial charge in [0.15, 0.2) is 0 Å². The Balaban J connectivity index is 1.50. The van der Waals surface area contributed by atoms with Crippen LogP contribution in [0.15, 0.2) is 54.0 Å². The maximum atomic E-state index is 13.5. The Morgan fingerprint density at radius 3 is 2.83 bits per heavy atom. The lowest BCUT2D eigenvalue weighted by atomic mass is 10.0. The Morgan fingerprint density at radius 2 is 2.07 bits per heavy atom. The van der Waals surface area contributed by atoms with Crippen LogP contribution in [0.1, 0.15) is 28.2 Å². The van der Waals surface area contributed by atoms with Gasteiger partial charge in [0.1, 0.15) is 11.6 Å². The summed E-state index contributed by atoms with van der Waals surface area (Å²) in [6.45, 7) is 3.91. The standard InChI is InChI=1S/C22H20FN5OS/c1-14-19(11-16-6-5-7-17(23)10-16)15(2)28(27-14)22-25-18(13-30-22)12-21(29)26-20-8-3-4-9-24-20/h3-10,13H,11-12H2,1-2H3,(H,24,26,29). The van der Waals surface area contributed by atoms with Crippen molar-refractivity contribution in [3.63, 3.8) is 0 Å². The molecule has 3 heterocycles. The third-order valence-corrected chi connectivity index (χ3v) is 5.57. The van der Waals surface area contributed by atoms with Gasteiger partial charge in [0.2, 0.25) is 11.0 Å². The zero-order valence-electron chi connectivity index (χ0n) is 16.6. The SMILES string of the molecule is Cc1nn(-c2nc(CC(=O)Nc3ccccn3)cs2)c(C)c1Cc1cccc(F)c1. The molecule has 0 saturated carbocycles. The third kappa shape index (κ3) is 4.44. The molecule has 1 N–H and O–H groups in total. The van der Waals surface area contributed by atoms with Gasteiger partial charge < -0.3 is 5.32 Å². The number of benzene rings is 1. The Bertz CT molecular complexity index is 1190. The van der Waals surface area contributed by atoms with Crippen molar-refractivity contribution in [2.24, 2.45) is 0 Å². The highest BCUT2D eigenvalue weighted by Gasteiger charge is 2.17. The molecule has 0 saturated heterocycles. The van der Waals surface area contributed by atoms with Gasteiger partial charge in [-0.05, 0) is 43.7 Å². The first-order valence-corrected chi connectivity index (χ1v) is 10.3. The summed E-state index contributed by atoms with van der Waals surface area (Å²) in [6.07, 6.45) is 2.38. The minimum absolute atomic E-state index is 0.155. The molecule has 30 heavy (non-hydrogen) atoms. The summed E-state index contributed by atoms with van der Waals surface area (Å²) in [5, 5.41) is 9.93. The quantitative estimate of drug-likeness (QED) is 0.505. The van der Waals surface area contributed by atoms with Crippen molar-refractivity contribution >= 4 is 23.1 Å². The molecule has 0 aliphatic rings. The van der Waals surface area contributed by atoms with Crippen LogP contribution < -0.4 is 5.32 Å². The van der Waals surface area contributed by atoms with Crippen molar-refractivity contribution in [1.82, 2.24) is 19.7 Å². The number of carbonyl (C=O) groups is 1. The highest BCUT2D eigenvalue weighted by atomic mass is 32.1. The molecule has 0 atom stereocenters. The summed E-state index contributed by atoms with van der Waals surface area (Å²) < 4.78 is 15.3. The summed E-state index contributed by atoms with van der Waals surface area (Å²) in [4.78, 5) is 20.9. The normalized spacial score (nSPS) is 10.9. The van der Waals surface area contributed by atoms with Crippen LogP contribution in [0.2, 0.25) is 0 Å². The number of amides is 1. The number of rotatable bonds is 6. The number of hydrogen-bond donors (Lipinski definition) is 1. The maximum Gasteiger partial charge on any atom is 0.231 e. The Hall–Kier alpha value is -3.39. The van der Waals surface area contributed by atoms with Crippen LogP contribution in [0.4, 0.5) is 10.2 Å². The van der Waals surface area contributed by atoms with E-state index in [1.165, 1.54) is 23.5 Å². The fourth-order valence-electron chi connectivity index (χ4n) is 3.23. The summed E-state index contributed by atoms with van der Waals surface area (Å²) in [6, 6.07) is 11.9. The summed E-state index contributed by atoms with van der Waals surface area (Å²) in [7, 11) is 0. The number of pyridine rings is 1. The van der Waals surface area contributed by atoms with Crippen LogP contribution in [0, 0.1) is 19.7 Å². The van der Waals surface area contributed by atoms with Crippen LogP contribution in [0.5, 0.6) is 0 Å². The lowest BCUT2D eigenvalue weighted by Crippen LogP contribution is -2.15. The highest BCUT2D eigenvalue weighted by molar-refractivity contribution is 7.12. The number of nitrogens with zero attached hydrogens (tertiary/aromatic N) is 4. The number of nitrogens with one attached hydrogen (secondary N) is 1. The molecule has 1 aromatic carbocycles. The van der Waals surface area contributed by atoms with E-state index in [0.29, 0.717) is 23.1 Å². The van der Waals surface area contributed by atoms with Crippen molar-refractivity contribution in [2.75, 3.05) is 5.32 Å². The van der Waals surface area contributed by atoms with E-state index in [1.54, 1.807) is 29.1 Å². The van der Waals surface area contributed by atoms with Gasteiger partial charge in [-0.25, -0.2) is 19.0 Å². The summed E-state index contributed by atoms with van der Waals surface area (Å²) in [5.74, 6) is 0.0907. The van der Waals surface area contributed by atoms with E-state index in [1.807, 2.05) is 31.4 Å². The van der Waals surface area contributed by atoms with Crippen LogP contribution in [0.25, 0.3) is 5.13 Å². The van der Waals surface area contributed by atoms with Gasteiger partial charge in [-0.2, -0.15) is 5.10 Å². The van der Waals surface area contributed by atoms with E-state index >= 15 is 0 Å². The van der Waals surface area contributed by atoms with Crippen LogP contribution in [-0.4, -0.2) is 25.7 Å². The zero-order valence-corrected chi connectivity index (χ0v) is 17.4. The molecule has 4 aromatic rings. The molecule has 0 aliphatic heterocycles. The molecule has 0 bridgehead atoms. The number of aryl methyl sites for hydroxylation is 1. The molecular weight excluding hydrogens is 401 g/mol. The molecule has 1 amide bonds. The molecule has 0 spiro atoms. The predicted octanol–water partition coefficient (Wildman–Crippen LogP) is 4.25. The van der Waals surface area contributed by atoms with Crippen LogP contribution in [0.3, 0.4) is 0 Å². The third-order valence-electron chi connectivity index (χ3n) is 4.71. The molecule has 0 unspecified atom stereocenters. The minimum atomic E-state index is -0.247. The average Bonchev–Trinajstić information content (AvgIpc) is 3.28. The lowest BCUT2D eigenvalue weighted by Gasteiger charge is -2.04. The first-order valence-electron chi connectivity index (χ1n) is 9.45. The van der Waals surface area contributed by atoms with E-state index in [9.17, 15) is 9.18 Å². The van der Waals surface area contributed by atoms with Gasteiger partial charge in [-0.1, -0.05) is 18.2 Å². The van der Waals surface area contributed by atoms with Crippen LogP contribution >= 0.6 is 11.3 Å². The van der Waals surface area contributed by atoms with Crippen molar-refractivity contribution in [2.45, 2.75) is 26.7 Å². The van der Waals surface area contributed by atoms with Gasteiger partial charge in [0.25, 0.3) is 0 Å². The smallest absolute Gasteiger partial charge is 0.231 e. The average molecular weight is 422 g/mol. The number of thiazole rings is 1.